The summed E-state index contributed by atoms with van der Waals surface area (Å²) in [5, 5.41) is 2.65. The first-order chi connectivity index (χ1) is 7.97. The molecule has 0 spiro atoms. The first kappa shape index (κ1) is 13.2. The Morgan fingerprint density at radius 2 is 2.06 bits per heavy atom. The first-order valence-electron chi connectivity index (χ1n) is 5.51. The van der Waals surface area contributed by atoms with E-state index in [0.29, 0.717) is 6.54 Å². The topological polar surface area (TPSA) is 51.2 Å². The quantitative estimate of drug-likeness (QED) is 0.874. The van der Waals surface area contributed by atoms with Gasteiger partial charge in [0.25, 0.3) is 0 Å². The second kappa shape index (κ2) is 6.03. The van der Waals surface area contributed by atoms with Crippen LogP contribution in [-0.2, 0) is 4.74 Å². The van der Waals surface area contributed by atoms with Crippen LogP contribution in [0.2, 0.25) is 0 Å². The Labute approximate surface area is 102 Å². The molecule has 0 bridgehead atoms. The number of alkyl carbamates (subject to hydrolysis) is 1. The zero-order valence-corrected chi connectivity index (χ0v) is 10.4. The minimum atomic E-state index is -0.459. The first-order valence-corrected chi connectivity index (χ1v) is 5.51. The molecule has 4 nitrogen and oxygen atoms in total. The van der Waals surface area contributed by atoms with E-state index in [4.69, 9.17) is 4.74 Å². The van der Waals surface area contributed by atoms with Crippen LogP contribution in [0.4, 0.5) is 4.79 Å². The highest BCUT2D eigenvalue weighted by Gasteiger charge is 2.14. The molecular formula is C13H18N2O2. The maximum absolute atomic E-state index is 11.3. The normalized spacial score (nSPS) is 11.5. The average Bonchev–Trinajstić information content (AvgIpc) is 2.23. The lowest BCUT2D eigenvalue weighted by Crippen LogP contribution is -2.32. The lowest BCUT2D eigenvalue weighted by Gasteiger charge is -2.19. The number of pyridine rings is 1. The monoisotopic (exact) mass is 234 g/mol. The summed E-state index contributed by atoms with van der Waals surface area (Å²) >= 11 is 0. The number of nitrogens with zero attached hydrogens (tertiary/aromatic N) is 1. The van der Waals surface area contributed by atoms with Crippen LogP contribution < -0.4 is 5.32 Å². The molecular weight excluding hydrogens is 216 g/mol. The minimum absolute atomic E-state index is 0.406. The van der Waals surface area contributed by atoms with Gasteiger partial charge in [-0.05, 0) is 38.5 Å². The molecule has 1 rings (SSSR count). The number of amides is 1. The molecule has 0 radical (unpaired) electrons. The van der Waals surface area contributed by atoms with Gasteiger partial charge in [0.1, 0.15) is 5.60 Å². The van der Waals surface area contributed by atoms with Crippen LogP contribution in [-0.4, -0.2) is 23.2 Å². The van der Waals surface area contributed by atoms with Gasteiger partial charge in [-0.2, -0.15) is 0 Å². The van der Waals surface area contributed by atoms with Gasteiger partial charge in [-0.1, -0.05) is 12.2 Å². The lowest BCUT2D eigenvalue weighted by molar-refractivity contribution is 0.0534. The molecule has 0 aliphatic rings. The SMILES string of the molecule is CC(C)(C)OC(=O)NC/C=C/c1ccncc1. The second-order valence-electron chi connectivity index (χ2n) is 4.57. The molecule has 92 valence electrons. The Morgan fingerprint density at radius 3 is 2.65 bits per heavy atom. The molecule has 1 aromatic heterocycles. The lowest BCUT2D eigenvalue weighted by atomic mass is 10.2. The third-order valence-electron chi connectivity index (χ3n) is 1.78. The Balaban J connectivity index is 2.29. The van der Waals surface area contributed by atoms with Gasteiger partial charge in [0.2, 0.25) is 0 Å². The van der Waals surface area contributed by atoms with Crippen LogP contribution in [0.25, 0.3) is 6.08 Å². The van der Waals surface area contributed by atoms with E-state index in [2.05, 4.69) is 10.3 Å². The minimum Gasteiger partial charge on any atom is -0.444 e. The van der Waals surface area contributed by atoms with Gasteiger partial charge in [-0.25, -0.2) is 4.79 Å². The van der Waals surface area contributed by atoms with E-state index in [1.165, 1.54) is 0 Å². The van der Waals surface area contributed by atoms with Gasteiger partial charge in [-0.3, -0.25) is 4.98 Å². The van der Waals surface area contributed by atoms with E-state index in [-0.39, 0.29) is 0 Å². The van der Waals surface area contributed by atoms with Gasteiger partial charge in [0.05, 0.1) is 0 Å². The van der Waals surface area contributed by atoms with Crippen molar-refractivity contribution in [1.29, 1.82) is 0 Å². The second-order valence-corrected chi connectivity index (χ2v) is 4.57. The Kier molecular flexibility index (Phi) is 4.69. The van der Waals surface area contributed by atoms with Crippen LogP contribution in [0.15, 0.2) is 30.6 Å². The fraction of sp³-hybridized carbons (Fsp3) is 0.385. The van der Waals surface area contributed by atoms with Crippen molar-refractivity contribution in [3.8, 4) is 0 Å². The summed E-state index contributed by atoms with van der Waals surface area (Å²) in [4.78, 5) is 15.2. The van der Waals surface area contributed by atoms with Crippen LogP contribution >= 0.6 is 0 Å². The summed E-state index contributed by atoms with van der Waals surface area (Å²) in [6.07, 6.45) is 6.82. The highest BCUT2D eigenvalue weighted by molar-refractivity contribution is 5.68. The zero-order chi connectivity index (χ0) is 12.7. The molecule has 0 atom stereocenters. The Hall–Kier alpha value is -1.84. The molecule has 1 heterocycles. The molecule has 0 aromatic carbocycles. The van der Waals surface area contributed by atoms with Crippen molar-refractivity contribution >= 4 is 12.2 Å². The summed E-state index contributed by atoms with van der Waals surface area (Å²) < 4.78 is 5.10. The average molecular weight is 234 g/mol. The number of ether oxygens (including phenoxy) is 1. The summed E-state index contributed by atoms with van der Waals surface area (Å²) in [7, 11) is 0. The highest BCUT2D eigenvalue weighted by atomic mass is 16.6. The maximum Gasteiger partial charge on any atom is 0.407 e. The molecule has 0 saturated heterocycles. The van der Waals surface area contributed by atoms with Crippen molar-refractivity contribution in [2.75, 3.05) is 6.54 Å². The van der Waals surface area contributed by atoms with Gasteiger partial charge in [0.15, 0.2) is 0 Å². The number of hydrogen-bond donors (Lipinski definition) is 1. The number of carbonyl (C=O) groups excluding carboxylic acids is 1. The van der Waals surface area contributed by atoms with E-state index in [9.17, 15) is 4.79 Å². The smallest absolute Gasteiger partial charge is 0.407 e. The molecule has 1 N–H and O–H groups in total. The number of nitrogens with one attached hydrogen (secondary N) is 1. The molecule has 0 unspecified atom stereocenters. The standard InChI is InChI=1S/C13H18N2O2/c1-13(2,3)17-12(16)15-8-4-5-11-6-9-14-10-7-11/h4-7,9-10H,8H2,1-3H3,(H,15,16)/b5-4+. The third kappa shape index (κ3) is 6.35. The van der Waals surface area contributed by atoms with E-state index in [0.717, 1.165) is 5.56 Å². The van der Waals surface area contributed by atoms with Crippen LogP contribution in [0.1, 0.15) is 26.3 Å². The van der Waals surface area contributed by atoms with Gasteiger partial charge < -0.3 is 10.1 Å². The van der Waals surface area contributed by atoms with Gasteiger partial charge in [0, 0.05) is 18.9 Å². The van der Waals surface area contributed by atoms with Crippen molar-refractivity contribution in [1.82, 2.24) is 10.3 Å². The summed E-state index contributed by atoms with van der Waals surface area (Å²) in [6, 6.07) is 3.79. The van der Waals surface area contributed by atoms with Crippen molar-refractivity contribution in [2.24, 2.45) is 0 Å². The fourth-order valence-corrected chi connectivity index (χ4v) is 1.13. The molecule has 1 aromatic rings. The number of aromatic nitrogens is 1. The molecule has 1 amide bonds. The van der Waals surface area contributed by atoms with Crippen molar-refractivity contribution in [2.45, 2.75) is 26.4 Å². The van der Waals surface area contributed by atoms with Crippen LogP contribution in [0, 0.1) is 0 Å². The van der Waals surface area contributed by atoms with E-state index < -0.39 is 11.7 Å². The predicted octanol–water partition coefficient (Wildman–Crippen LogP) is 2.62. The van der Waals surface area contributed by atoms with Crippen LogP contribution in [0.5, 0.6) is 0 Å². The summed E-state index contributed by atoms with van der Waals surface area (Å²) in [5.41, 5.74) is 0.588. The molecule has 0 aliphatic heterocycles. The molecule has 0 saturated carbocycles. The van der Waals surface area contributed by atoms with E-state index in [1.54, 1.807) is 12.4 Å². The summed E-state index contributed by atoms with van der Waals surface area (Å²) in [5.74, 6) is 0. The Bertz CT molecular complexity index is 380. The van der Waals surface area contributed by atoms with Gasteiger partial charge >= 0.3 is 6.09 Å². The maximum atomic E-state index is 11.3. The van der Waals surface area contributed by atoms with Crippen molar-refractivity contribution in [3.63, 3.8) is 0 Å². The zero-order valence-electron chi connectivity index (χ0n) is 10.4. The molecule has 0 aliphatic carbocycles. The highest BCUT2D eigenvalue weighted by Crippen LogP contribution is 2.06. The number of hydrogen-bond acceptors (Lipinski definition) is 3. The predicted molar refractivity (Wildman–Crippen MR) is 67.5 cm³/mol. The molecule has 17 heavy (non-hydrogen) atoms. The summed E-state index contributed by atoms with van der Waals surface area (Å²) in [6.45, 7) is 5.94. The molecule has 0 fully saturated rings. The van der Waals surface area contributed by atoms with E-state index in [1.807, 2.05) is 45.1 Å². The van der Waals surface area contributed by atoms with Crippen molar-refractivity contribution in [3.05, 3.63) is 36.2 Å². The number of rotatable bonds is 3. The number of carbonyl (C=O) groups is 1. The third-order valence-corrected chi connectivity index (χ3v) is 1.78. The van der Waals surface area contributed by atoms with Gasteiger partial charge in [-0.15, -0.1) is 0 Å². The largest absolute Gasteiger partial charge is 0.444 e. The van der Waals surface area contributed by atoms with E-state index >= 15 is 0 Å². The molecule has 4 heteroatoms. The fourth-order valence-electron chi connectivity index (χ4n) is 1.13. The Morgan fingerprint density at radius 1 is 1.41 bits per heavy atom. The van der Waals surface area contributed by atoms with Crippen molar-refractivity contribution < 1.29 is 9.53 Å². The van der Waals surface area contributed by atoms with Crippen LogP contribution in [0.3, 0.4) is 0 Å².